The zero-order valence-corrected chi connectivity index (χ0v) is 15.3. The molecule has 0 aromatic heterocycles. The Morgan fingerprint density at radius 1 is 1.15 bits per heavy atom. The molecule has 0 radical (unpaired) electrons. The van der Waals surface area contributed by atoms with Gasteiger partial charge in [-0.15, -0.1) is 0 Å². The first-order valence-corrected chi connectivity index (χ1v) is 8.73. The smallest absolute Gasteiger partial charge is 0.191 e. The summed E-state index contributed by atoms with van der Waals surface area (Å²) in [6.07, 6.45) is 4.56. The Hall–Kier alpha value is -3.43. The summed E-state index contributed by atoms with van der Waals surface area (Å²) in [5, 5.41) is 29.7. The van der Waals surface area contributed by atoms with E-state index in [4.69, 9.17) is 15.2 Å². The van der Waals surface area contributed by atoms with Gasteiger partial charge in [0, 0.05) is 17.5 Å². The number of fused-ring (bicyclic) bond motifs is 1. The predicted molar refractivity (Wildman–Crippen MR) is 98.2 cm³/mol. The maximum Gasteiger partial charge on any atom is 0.191 e. The minimum atomic E-state index is -1.63. The van der Waals surface area contributed by atoms with Gasteiger partial charge in [-0.05, 0) is 36.8 Å². The molecule has 0 heterocycles. The van der Waals surface area contributed by atoms with Crippen LogP contribution in [-0.2, 0) is 0 Å². The minimum Gasteiger partial charge on any atom is -0.497 e. The predicted octanol–water partition coefficient (Wildman–Crippen LogP) is 3.30. The lowest BCUT2D eigenvalue weighted by atomic mass is 9.56. The van der Waals surface area contributed by atoms with Crippen molar-refractivity contribution in [3.63, 3.8) is 0 Å². The normalized spacial score (nSPS) is 23.1. The van der Waals surface area contributed by atoms with Crippen LogP contribution in [0, 0.1) is 45.3 Å². The Bertz CT molecular complexity index is 942. The van der Waals surface area contributed by atoms with Crippen molar-refractivity contribution in [1.29, 1.82) is 15.8 Å². The van der Waals surface area contributed by atoms with E-state index >= 15 is 0 Å². The van der Waals surface area contributed by atoms with Crippen LogP contribution in [0.15, 0.2) is 41.1 Å². The average Bonchev–Trinajstić information content (AvgIpc) is 2.72. The molecule has 6 heteroatoms. The summed E-state index contributed by atoms with van der Waals surface area (Å²) < 4.78 is 10.8. The Morgan fingerprint density at radius 3 is 2.48 bits per heavy atom. The topological polar surface area (TPSA) is 116 Å². The molecule has 0 spiro atoms. The SMILES string of the molecule is COc1ccc([C@H]2[C@@H]3CCCC=C3C(C#N)=C(N)C2(C#N)C#N)c(OC)c1. The van der Waals surface area contributed by atoms with Gasteiger partial charge >= 0.3 is 0 Å². The first-order valence-electron chi connectivity index (χ1n) is 8.73. The molecule has 0 saturated heterocycles. The van der Waals surface area contributed by atoms with Gasteiger partial charge in [0.05, 0.1) is 37.6 Å². The Balaban J connectivity index is 2.34. The number of rotatable bonds is 3. The Labute approximate surface area is 158 Å². The van der Waals surface area contributed by atoms with E-state index in [2.05, 4.69) is 18.2 Å². The fourth-order valence-electron chi connectivity index (χ4n) is 4.29. The second-order valence-electron chi connectivity index (χ2n) is 6.71. The lowest BCUT2D eigenvalue weighted by Crippen LogP contribution is -2.42. The van der Waals surface area contributed by atoms with Gasteiger partial charge in [-0.3, -0.25) is 0 Å². The van der Waals surface area contributed by atoms with E-state index < -0.39 is 11.3 Å². The van der Waals surface area contributed by atoms with E-state index in [0.717, 1.165) is 30.4 Å². The van der Waals surface area contributed by atoms with Gasteiger partial charge in [0.1, 0.15) is 17.6 Å². The van der Waals surface area contributed by atoms with E-state index in [-0.39, 0.29) is 17.2 Å². The van der Waals surface area contributed by atoms with Crippen molar-refractivity contribution in [2.45, 2.75) is 25.2 Å². The molecule has 2 N–H and O–H groups in total. The monoisotopic (exact) mass is 360 g/mol. The summed E-state index contributed by atoms with van der Waals surface area (Å²) in [6.45, 7) is 0. The molecule has 3 rings (SSSR count). The first kappa shape index (κ1) is 18.4. The van der Waals surface area contributed by atoms with Crippen molar-refractivity contribution in [1.82, 2.24) is 0 Å². The van der Waals surface area contributed by atoms with Crippen LogP contribution in [0.2, 0.25) is 0 Å². The lowest BCUT2D eigenvalue weighted by molar-refractivity contribution is 0.304. The zero-order valence-electron chi connectivity index (χ0n) is 15.3. The van der Waals surface area contributed by atoms with Gasteiger partial charge in [0.2, 0.25) is 0 Å². The van der Waals surface area contributed by atoms with Crippen LogP contribution in [0.25, 0.3) is 0 Å². The molecule has 1 aromatic carbocycles. The third-order valence-corrected chi connectivity index (χ3v) is 5.57. The second-order valence-corrected chi connectivity index (χ2v) is 6.71. The third-order valence-electron chi connectivity index (χ3n) is 5.57. The quantitative estimate of drug-likeness (QED) is 0.884. The molecule has 0 saturated carbocycles. The van der Waals surface area contributed by atoms with Crippen LogP contribution >= 0.6 is 0 Å². The van der Waals surface area contributed by atoms with Crippen molar-refractivity contribution in [3.8, 4) is 29.7 Å². The van der Waals surface area contributed by atoms with Gasteiger partial charge < -0.3 is 15.2 Å². The second kappa shape index (κ2) is 7.06. The number of nitrogens with zero attached hydrogens (tertiary/aromatic N) is 3. The standard InChI is InChI=1S/C21H20N4O2/c1-26-13-7-8-16(18(9-13)27-2)19-15-6-4-3-5-14(15)17(10-22)20(25)21(19,11-23)12-24/h5,7-9,15,19H,3-4,6,25H2,1-2H3/t15-,19-/m1/s1. The van der Waals surface area contributed by atoms with Crippen molar-refractivity contribution in [2.24, 2.45) is 17.1 Å². The molecule has 0 unspecified atom stereocenters. The Kier molecular flexibility index (Phi) is 4.80. The highest BCUT2D eigenvalue weighted by Crippen LogP contribution is 2.57. The minimum absolute atomic E-state index is 0.0299. The van der Waals surface area contributed by atoms with Crippen LogP contribution in [-0.4, -0.2) is 14.2 Å². The molecule has 136 valence electrons. The maximum atomic E-state index is 10.0. The summed E-state index contributed by atoms with van der Waals surface area (Å²) >= 11 is 0. The average molecular weight is 360 g/mol. The van der Waals surface area contributed by atoms with E-state index in [1.165, 1.54) is 0 Å². The molecule has 0 fully saturated rings. The molecule has 0 aliphatic heterocycles. The molecule has 6 nitrogen and oxygen atoms in total. The maximum absolute atomic E-state index is 10.0. The highest BCUT2D eigenvalue weighted by atomic mass is 16.5. The molecule has 0 bridgehead atoms. The fourth-order valence-corrected chi connectivity index (χ4v) is 4.29. The molecule has 0 amide bonds. The van der Waals surface area contributed by atoms with Gasteiger partial charge in [-0.1, -0.05) is 12.1 Å². The van der Waals surface area contributed by atoms with Crippen LogP contribution in [0.5, 0.6) is 11.5 Å². The van der Waals surface area contributed by atoms with Gasteiger partial charge in [0.25, 0.3) is 0 Å². The largest absolute Gasteiger partial charge is 0.497 e. The summed E-state index contributed by atoms with van der Waals surface area (Å²) in [4.78, 5) is 0. The van der Waals surface area contributed by atoms with E-state index in [0.29, 0.717) is 11.5 Å². The first-order chi connectivity index (χ1) is 13.1. The fraction of sp³-hybridized carbons (Fsp3) is 0.381. The van der Waals surface area contributed by atoms with E-state index in [1.807, 2.05) is 12.1 Å². The number of nitrogens with two attached hydrogens (primary N) is 1. The molecule has 2 aliphatic rings. The number of allylic oxidation sites excluding steroid dienone is 4. The van der Waals surface area contributed by atoms with E-state index in [9.17, 15) is 15.8 Å². The molecular weight excluding hydrogens is 340 g/mol. The van der Waals surface area contributed by atoms with Crippen molar-refractivity contribution in [2.75, 3.05) is 14.2 Å². The highest BCUT2D eigenvalue weighted by molar-refractivity contribution is 5.60. The van der Waals surface area contributed by atoms with Crippen LogP contribution < -0.4 is 15.2 Å². The summed E-state index contributed by atoms with van der Waals surface area (Å²) in [5.74, 6) is 0.471. The lowest BCUT2D eigenvalue weighted by Gasteiger charge is -2.43. The zero-order chi connectivity index (χ0) is 19.6. The van der Waals surface area contributed by atoms with Gasteiger partial charge in [-0.25, -0.2) is 0 Å². The highest BCUT2D eigenvalue weighted by Gasteiger charge is 2.54. The number of ether oxygens (including phenoxy) is 2. The third kappa shape index (κ3) is 2.60. The van der Waals surface area contributed by atoms with Crippen LogP contribution in [0.3, 0.4) is 0 Å². The van der Waals surface area contributed by atoms with Crippen molar-refractivity contribution < 1.29 is 9.47 Å². The molecule has 1 aromatic rings. The summed E-state index contributed by atoms with van der Waals surface area (Å²) in [7, 11) is 3.10. The van der Waals surface area contributed by atoms with Gasteiger partial charge in [0.15, 0.2) is 5.41 Å². The molecule has 2 aliphatic carbocycles. The molecule has 27 heavy (non-hydrogen) atoms. The van der Waals surface area contributed by atoms with Gasteiger partial charge in [-0.2, -0.15) is 15.8 Å². The number of nitriles is 3. The summed E-state index contributed by atoms with van der Waals surface area (Å²) in [5.41, 5.74) is 6.50. The number of hydrogen-bond donors (Lipinski definition) is 1. The Morgan fingerprint density at radius 2 is 1.89 bits per heavy atom. The number of hydrogen-bond acceptors (Lipinski definition) is 6. The molecular formula is C21H20N4O2. The van der Waals surface area contributed by atoms with Crippen molar-refractivity contribution >= 4 is 0 Å². The van der Waals surface area contributed by atoms with Crippen molar-refractivity contribution in [3.05, 3.63) is 46.7 Å². The number of methoxy groups -OCH3 is 2. The van der Waals surface area contributed by atoms with E-state index in [1.54, 1.807) is 26.4 Å². The summed E-state index contributed by atoms with van der Waals surface area (Å²) in [6, 6.07) is 11.7. The van der Waals surface area contributed by atoms with Crippen LogP contribution in [0.1, 0.15) is 30.7 Å². The molecule has 2 atom stereocenters. The number of benzene rings is 1. The van der Waals surface area contributed by atoms with Crippen LogP contribution in [0.4, 0.5) is 0 Å².